The van der Waals surface area contributed by atoms with Crippen LogP contribution >= 0.6 is 0 Å². The lowest BCUT2D eigenvalue weighted by Crippen LogP contribution is -2.45. The van der Waals surface area contributed by atoms with Crippen LogP contribution < -0.4 is 20.4 Å². The molecule has 5 heterocycles. The molecule has 3 saturated heterocycles. The van der Waals surface area contributed by atoms with Crippen LogP contribution in [0.25, 0.3) is 11.4 Å². The van der Waals surface area contributed by atoms with E-state index in [4.69, 9.17) is 24.4 Å². The molecule has 1 unspecified atom stereocenters. The Kier molecular flexibility index (Phi) is 6.08. The molecule has 0 saturated carbocycles. The van der Waals surface area contributed by atoms with Crippen molar-refractivity contribution >= 4 is 29.3 Å². The van der Waals surface area contributed by atoms with E-state index in [9.17, 15) is 4.79 Å². The number of carbonyl (C=O) groups excluding carboxylic acids is 1. The average molecular weight is 489 g/mol. The van der Waals surface area contributed by atoms with E-state index in [-0.39, 0.29) is 18.2 Å². The van der Waals surface area contributed by atoms with Gasteiger partial charge in [-0.2, -0.15) is 15.0 Å². The number of nitrogens with zero attached hydrogens (tertiary/aromatic N) is 6. The van der Waals surface area contributed by atoms with E-state index >= 15 is 0 Å². The maximum Gasteiger partial charge on any atom is 0.323 e. The van der Waals surface area contributed by atoms with Crippen LogP contribution in [0.4, 0.5) is 28.1 Å². The topological polar surface area (TPSA) is 118 Å². The number of pyridine rings is 1. The van der Waals surface area contributed by atoms with Crippen molar-refractivity contribution < 1.29 is 14.3 Å². The van der Waals surface area contributed by atoms with Crippen LogP contribution in [0, 0.1) is 0 Å². The second-order valence-corrected chi connectivity index (χ2v) is 9.27. The lowest BCUT2D eigenvalue weighted by molar-refractivity contribution is 0.0974. The molecule has 6 rings (SSSR count). The molecular weight excluding hydrogens is 460 g/mol. The first-order chi connectivity index (χ1) is 17.6. The van der Waals surface area contributed by atoms with Gasteiger partial charge in [-0.1, -0.05) is 0 Å². The monoisotopic (exact) mass is 488 g/mol. The van der Waals surface area contributed by atoms with Gasteiger partial charge in [0.1, 0.15) is 0 Å². The van der Waals surface area contributed by atoms with E-state index in [0.717, 1.165) is 25.1 Å². The Morgan fingerprint density at radius 1 is 0.944 bits per heavy atom. The summed E-state index contributed by atoms with van der Waals surface area (Å²) in [5.74, 6) is 1.95. The average Bonchev–Trinajstić information content (AvgIpc) is 3.54. The largest absolute Gasteiger partial charge is 0.377 e. The van der Waals surface area contributed by atoms with Gasteiger partial charge in [0.05, 0.1) is 38.0 Å². The van der Waals surface area contributed by atoms with Crippen molar-refractivity contribution in [1.82, 2.24) is 19.9 Å². The van der Waals surface area contributed by atoms with Crippen molar-refractivity contribution in [2.75, 3.05) is 53.3 Å². The second kappa shape index (κ2) is 9.67. The van der Waals surface area contributed by atoms with Crippen LogP contribution in [0.3, 0.4) is 0 Å². The summed E-state index contributed by atoms with van der Waals surface area (Å²) in [7, 11) is 0. The van der Waals surface area contributed by atoms with Gasteiger partial charge in [0, 0.05) is 42.4 Å². The van der Waals surface area contributed by atoms with Gasteiger partial charge >= 0.3 is 6.03 Å². The molecule has 186 valence electrons. The SMILES string of the molecule is CC1COCCN1c1nc(-c2ccc(NC(=O)Nc3ccncc3)cc2)nc(N2C[C@@H]3C[C@H]2CO3)n1. The predicted octanol–water partition coefficient (Wildman–Crippen LogP) is 2.78. The minimum atomic E-state index is -0.328. The van der Waals surface area contributed by atoms with Gasteiger partial charge in [-0.15, -0.1) is 0 Å². The zero-order valence-electron chi connectivity index (χ0n) is 20.0. The Balaban J connectivity index is 1.25. The third kappa shape index (κ3) is 4.67. The van der Waals surface area contributed by atoms with Gasteiger partial charge in [-0.3, -0.25) is 4.98 Å². The first kappa shape index (κ1) is 22.6. The molecule has 3 atom stereocenters. The van der Waals surface area contributed by atoms with Crippen molar-refractivity contribution in [3.05, 3.63) is 48.8 Å². The van der Waals surface area contributed by atoms with E-state index in [1.807, 2.05) is 24.3 Å². The zero-order chi connectivity index (χ0) is 24.5. The normalized spacial score (nSPS) is 23.1. The van der Waals surface area contributed by atoms with E-state index in [2.05, 4.69) is 32.3 Å². The molecule has 3 aliphatic heterocycles. The number of benzene rings is 1. The standard InChI is InChI=1S/C25H28N8O3/c1-16-14-35-11-10-32(16)23-29-22(30-24(31-23)33-13-21-12-20(33)15-36-21)17-2-4-18(5-3-17)27-25(34)28-19-6-8-26-9-7-19/h2-9,16,20-21H,10-15H2,1H3,(H2,26,27,28,34)/t16?,20-,21-/m0/s1. The van der Waals surface area contributed by atoms with E-state index < -0.39 is 0 Å². The maximum absolute atomic E-state index is 12.3. The minimum Gasteiger partial charge on any atom is -0.377 e. The molecule has 0 radical (unpaired) electrons. The maximum atomic E-state index is 12.3. The number of hydrogen-bond donors (Lipinski definition) is 2. The molecule has 3 aromatic rings. The number of anilines is 4. The number of hydrogen-bond acceptors (Lipinski definition) is 9. The van der Waals surface area contributed by atoms with Crippen LogP contribution in [0.15, 0.2) is 48.8 Å². The van der Waals surface area contributed by atoms with Crippen molar-refractivity contribution in [3.63, 3.8) is 0 Å². The van der Waals surface area contributed by atoms with Crippen molar-refractivity contribution in [2.45, 2.75) is 31.5 Å². The first-order valence-corrected chi connectivity index (χ1v) is 12.2. The summed E-state index contributed by atoms with van der Waals surface area (Å²) in [6, 6.07) is 11.1. The molecule has 3 fully saturated rings. The van der Waals surface area contributed by atoms with Gasteiger partial charge in [0.2, 0.25) is 11.9 Å². The predicted molar refractivity (Wildman–Crippen MR) is 135 cm³/mol. The van der Waals surface area contributed by atoms with Crippen LogP contribution in [-0.4, -0.2) is 77.1 Å². The Bertz CT molecular complexity index is 1210. The van der Waals surface area contributed by atoms with Crippen molar-refractivity contribution in [3.8, 4) is 11.4 Å². The molecule has 3 aliphatic rings. The smallest absolute Gasteiger partial charge is 0.323 e. The number of carbonyl (C=O) groups is 1. The molecule has 11 nitrogen and oxygen atoms in total. The van der Waals surface area contributed by atoms with Gasteiger partial charge < -0.3 is 29.9 Å². The quantitative estimate of drug-likeness (QED) is 0.559. The lowest BCUT2D eigenvalue weighted by atomic mass is 10.2. The molecule has 0 spiro atoms. The number of morpholine rings is 2. The summed E-state index contributed by atoms with van der Waals surface area (Å²) in [5.41, 5.74) is 2.18. The highest BCUT2D eigenvalue weighted by atomic mass is 16.5. The number of nitrogens with one attached hydrogen (secondary N) is 2. The molecule has 2 bridgehead atoms. The fourth-order valence-corrected chi connectivity index (χ4v) is 4.84. The minimum absolute atomic E-state index is 0.172. The van der Waals surface area contributed by atoms with Crippen LogP contribution in [0.5, 0.6) is 0 Å². The van der Waals surface area contributed by atoms with E-state index in [0.29, 0.717) is 55.0 Å². The Hall–Kier alpha value is -3.83. The van der Waals surface area contributed by atoms with Crippen LogP contribution in [0.2, 0.25) is 0 Å². The van der Waals surface area contributed by atoms with Crippen LogP contribution in [-0.2, 0) is 9.47 Å². The number of fused-ring (bicyclic) bond motifs is 2. The van der Waals surface area contributed by atoms with Gasteiger partial charge in [-0.05, 0) is 49.7 Å². The Morgan fingerprint density at radius 3 is 2.33 bits per heavy atom. The molecule has 1 aromatic carbocycles. The molecule has 2 aromatic heterocycles. The third-order valence-electron chi connectivity index (χ3n) is 6.73. The third-order valence-corrected chi connectivity index (χ3v) is 6.73. The fraction of sp³-hybridized carbons (Fsp3) is 0.400. The van der Waals surface area contributed by atoms with Crippen LogP contribution in [0.1, 0.15) is 13.3 Å². The summed E-state index contributed by atoms with van der Waals surface area (Å²) in [6.07, 6.45) is 4.50. The number of amides is 2. The molecule has 36 heavy (non-hydrogen) atoms. The summed E-state index contributed by atoms with van der Waals surface area (Å²) in [5, 5.41) is 5.63. The molecular formula is C25H28N8O3. The molecule has 11 heteroatoms. The highest BCUT2D eigenvalue weighted by Crippen LogP contribution is 2.33. The van der Waals surface area contributed by atoms with E-state index in [1.165, 1.54) is 0 Å². The van der Waals surface area contributed by atoms with Gasteiger partial charge in [0.25, 0.3) is 0 Å². The zero-order valence-corrected chi connectivity index (χ0v) is 20.0. The molecule has 0 aliphatic carbocycles. The highest BCUT2D eigenvalue weighted by Gasteiger charge is 2.41. The Morgan fingerprint density at radius 2 is 1.67 bits per heavy atom. The summed E-state index contributed by atoms with van der Waals surface area (Å²) in [6.45, 7) is 5.63. The first-order valence-electron chi connectivity index (χ1n) is 12.2. The fourth-order valence-electron chi connectivity index (χ4n) is 4.84. The summed E-state index contributed by atoms with van der Waals surface area (Å²) >= 11 is 0. The summed E-state index contributed by atoms with van der Waals surface area (Å²) < 4.78 is 11.4. The van der Waals surface area contributed by atoms with Crippen molar-refractivity contribution in [2.24, 2.45) is 0 Å². The number of aromatic nitrogens is 4. The number of urea groups is 1. The Labute approximate surface area is 208 Å². The van der Waals surface area contributed by atoms with E-state index in [1.54, 1.807) is 24.5 Å². The molecule has 2 amide bonds. The highest BCUT2D eigenvalue weighted by molar-refractivity contribution is 5.99. The second-order valence-electron chi connectivity index (χ2n) is 9.27. The van der Waals surface area contributed by atoms with Crippen molar-refractivity contribution in [1.29, 1.82) is 0 Å². The number of ether oxygens (including phenoxy) is 2. The number of rotatable bonds is 5. The van der Waals surface area contributed by atoms with Gasteiger partial charge in [0.15, 0.2) is 5.82 Å². The lowest BCUT2D eigenvalue weighted by Gasteiger charge is -2.34. The molecule has 2 N–H and O–H groups in total. The summed E-state index contributed by atoms with van der Waals surface area (Å²) in [4.78, 5) is 35.3. The van der Waals surface area contributed by atoms with Gasteiger partial charge in [-0.25, -0.2) is 4.79 Å².